The number of anilines is 1. The second-order valence-corrected chi connectivity index (χ2v) is 11.4. The Morgan fingerprint density at radius 2 is 2.17 bits per heavy atom. The molecule has 0 saturated carbocycles. The number of thiophene rings is 2. The van der Waals surface area contributed by atoms with E-state index in [4.69, 9.17) is 15.2 Å². The molecule has 10 nitrogen and oxygen atoms in total. The molecule has 0 spiro atoms. The second kappa shape index (κ2) is 11.5. The predicted octanol–water partition coefficient (Wildman–Crippen LogP) is 3.95. The Hall–Kier alpha value is -2.74. The van der Waals surface area contributed by atoms with Gasteiger partial charge in [-0.25, -0.2) is 4.79 Å². The zero-order valence-corrected chi connectivity index (χ0v) is 22.6. The lowest BCUT2D eigenvalue weighted by atomic mass is 10.1. The highest BCUT2D eigenvalue weighted by Gasteiger charge is 2.27. The van der Waals surface area contributed by atoms with E-state index >= 15 is 0 Å². The fourth-order valence-electron chi connectivity index (χ4n) is 3.79. The molecule has 4 rings (SSSR count). The number of amides is 2. The summed E-state index contributed by atoms with van der Waals surface area (Å²) in [7, 11) is 0. The molecule has 3 aromatic rings. The highest BCUT2D eigenvalue weighted by molar-refractivity contribution is 7.99. The van der Waals surface area contributed by atoms with Crippen LogP contribution >= 0.6 is 34.4 Å². The minimum atomic E-state index is -0.672. The van der Waals surface area contributed by atoms with Crippen LogP contribution in [0, 0.1) is 6.92 Å². The number of nitrogens with two attached hydrogens (primary N) is 1. The van der Waals surface area contributed by atoms with Crippen LogP contribution < -0.4 is 11.1 Å². The molecule has 1 aliphatic heterocycles. The Bertz CT molecular complexity index is 1250. The molecule has 0 bridgehead atoms. The third kappa shape index (κ3) is 5.97. The van der Waals surface area contributed by atoms with Crippen molar-refractivity contribution < 1.29 is 23.9 Å². The van der Waals surface area contributed by atoms with Gasteiger partial charge in [-0.1, -0.05) is 17.8 Å². The molecule has 0 aliphatic carbocycles. The summed E-state index contributed by atoms with van der Waals surface area (Å²) < 4.78 is 13.1. The third-order valence-corrected chi connectivity index (χ3v) is 8.43. The van der Waals surface area contributed by atoms with Crippen LogP contribution in [-0.4, -0.2) is 57.1 Å². The van der Waals surface area contributed by atoms with Crippen molar-refractivity contribution in [1.82, 2.24) is 14.8 Å². The SMILES string of the molecule is Cc1c(C(N)=O)sc(NC(=O)CSc2nnc(-c3cccs3)n2CC2CCCO2)c1C(=O)OC(C)C. The molecule has 1 atom stereocenters. The number of primary amides is 1. The first-order chi connectivity index (χ1) is 17.2. The molecule has 1 aliphatic rings. The lowest BCUT2D eigenvalue weighted by molar-refractivity contribution is -0.113. The summed E-state index contributed by atoms with van der Waals surface area (Å²) in [4.78, 5) is 38.6. The summed E-state index contributed by atoms with van der Waals surface area (Å²) in [6.45, 7) is 6.39. The lowest BCUT2D eigenvalue weighted by Gasteiger charge is -2.14. The van der Waals surface area contributed by atoms with Crippen LogP contribution in [0.15, 0.2) is 22.7 Å². The first-order valence-electron chi connectivity index (χ1n) is 11.4. The molecule has 13 heteroatoms. The number of nitrogens with zero attached hydrogens (tertiary/aromatic N) is 3. The van der Waals surface area contributed by atoms with E-state index < -0.39 is 11.9 Å². The minimum Gasteiger partial charge on any atom is -0.459 e. The van der Waals surface area contributed by atoms with E-state index in [1.165, 1.54) is 11.8 Å². The molecule has 2 amide bonds. The van der Waals surface area contributed by atoms with Crippen molar-refractivity contribution in [3.05, 3.63) is 33.5 Å². The smallest absolute Gasteiger partial charge is 0.341 e. The van der Waals surface area contributed by atoms with Gasteiger partial charge >= 0.3 is 5.97 Å². The molecule has 1 fully saturated rings. The van der Waals surface area contributed by atoms with Crippen molar-refractivity contribution >= 4 is 57.2 Å². The number of hydrogen-bond acceptors (Lipinski definition) is 10. The van der Waals surface area contributed by atoms with E-state index in [1.54, 1.807) is 32.1 Å². The van der Waals surface area contributed by atoms with E-state index in [0.717, 1.165) is 41.5 Å². The highest BCUT2D eigenvalue weighted by atomic mass is 32.2. The van der Waals surface area contributed by atoms with Crippen LogP contribution in [-0.2, 0) is 20.8 Å². The maximum absolute atomic E-state index is 12.9. The van der Waals surface area contributed by atoms with Gasteiger partial charge in [-0.3, -0.25) is 14.2 Å². The van der Waals surface area contributed by atoms with E-state index in [0.29, 0.717) is 17.3 Å². The molecule has 1 unspecified atom stereocenters. The average Bonchev–Trinajstić information content (AvgIpc) is 3.60. The number of rotatable bonds is 10. The van der Waals surface area contributed by atoms with Gasteiger partial charge in [-0.15, -0.1) is 32.9 Å². The summed E-state index contributed by atoms with van der Waals surface area (Å²) in [6, 6.07) is 3.94. The largest absolute Gasteiger partial charge is 0.459 e. The number of esters is 1. The predicted molar refractivity (Wildman–Crippen MR) is 140 cm³/mol. The summed E-state index contributed by atoms with van der Waals surface area (Å²) >= 11 is 3.77. The number of thioether (sulfide) groups is 1. The lowest BCUT2D eigenvalue weighted by Crippen LogP contribution is -2.19. The number of hydrogen-bond donors (Lipinski definition) is 2. The number of nitrogens with one attached hydrogen (secondary N) is 1. The first-order valence-corrected chi connectivity index (χ1v) is 14.1. The van der Waals surface area contributed by atoms with Crippen molar-refractivity contribution in [1.29, 1.82) is 0 Å². The summed E-state index contributed by atoms with van der Waals surface area (Å²) in [5.74, 6) is -0.891. The van der Waals surface area contributed by atoms with Crippen LogP contribution in [0.5, 0.6) is 0 Å². The van der Waals surface area contributed by atoms with E-state index in [9.17, 15) is 14.4 Å². The summed E-state index contributed by atoms with van der Waals surface area (Å²) in [5, 5.41) is 14.3. The molecule has 36 heavy (non-hydrogen) atoms. The van der Waals surface area contributed by atoms with Crippen molar-refractivity contribution in [2.24, 2.45) is 5.73 Å². The van der Waals surface area contributed by atoms with Crippen molar-refractivity contribution in [3.8, 4) is 10.7 Å². The second-order valence-electron chi connectivity index (χ2n) is 8.44. The van der Waals surface area contributed by atoms with Crippen LogP contribution in [0.1, 0.15) is 52.3 Å². The van der Waals surface area contributed by atoms with E-state index in [-0.39, 0.29) is 39.3 Å². The topological polar surface area (TPSA) is 138 Å². The maximum atomic E-state index is 12.9. The zero-order valence-electron chi connectivity index (χ0n) is 20.1. The number of ether oxygens (including phenoxy) is 2. The molecule has 4 heterocycles. The van der Waals surface area contributed by atoms with Crippen molar-refractivity contribution in [3.63, 3.8) is 0 Å². The number of aromatic nitrogens is 3. The quantitative estimate of drug-likeness (QED) is 0.286. The Morgan fingerprint density at radius 3 is 2.81 bits per heavy atom. The molecule has 3 aromatic heterocycles. The van der Waals surface area contributed by atoms with E-state index in [1.807, 2.05) is 22.1 Å². The van der Waals surface area contributed by atoms with Crippen LogP contribution in [0.4, 0.5) is 5.00 Å². The van der Waals surface area contributed by atoms with E-state index in [2.05, 4.69) is 15.5 Å². The molecular weight excluding hydrogens is 522 g/mol. The minimum absolute atomic E-state index is 0.0234. The summed E-state index contributed by atoms with van der Waals surface area (Å²) in [5.41, 5.74) is 5.99. The Balaban J connectivity index is 1.51. The standard InChI is InChI=1S/C23H27N5O5S3/c1-12(2)33-22(31)17-13(3)18(19(24)30)36-21(17)25-16(29)11-35-23-27-26-20(15-7-5-9-34-15)28(23)10-14-6-4-8-32-14/h5,7,9,12,14H,4,6,8,10-11H2,1-3H3,(H2,24,30)(H,25,29). The van der Waals surface area contributed by atoms with Crippen molar-refractivity contribution in [2.45, 2.75) is 57.5 Å². The van der Waals surface area contributed by atoms with Crippen molar-refractivity contribution in [2.75, 3.05) is 17.7 Å². The van der Waals surface area contributed by atoms with Gasteiger partial charge in [0.15, 0.2) is 11.0 Å². The first kappa shape index (κ1) is 26.3. The van der Waals surface area contributed by atoms with Gasteiger partial charge in [-0.05, 0) is 50.6 Å². The highest BCUT2D eigenvalue weighted by Crippen LogP contribution is 2.34. The van der Waals surface area contributed by atoms with Gasteiger partial charge in [-0.2, -0.15) is 0 Å². The fourth-order valence-corrected chi connectivity index (χ4v) is 6.32. The average molecular weight is 550 g/mol. The third-order valence-electron chi connectivity index (χ3n) is 5.37. The van der Waals surface area contributed by atoms with Gasteiger partial charge in [0.1, 0.15) is 5.00 Å². The Morgan fingerprint density at radius 1 is 1.36 bits per heavy atom. The monoisotopic (exact) mass is 549 g/mol. The zero-order chi connectivity index (χ0) is 25.8. The normalized spacial score (nSPS) is 15.4. The number of carbonyl (C=O) groups is 3. The van der Waals surface area contributed by atoms with Crippen LogP contribution in [0.3, 0.4) is 0 Å². The molecule has 3 N–H and O–H groups in total. The van der Waals surface area contributed by atoms with Gasteiger partial charge in [0.05, 0.1) is 39.8 Å². The van der Waals surface area contributed by atoms with Gasteiger partial charge in [0, 0.05) is 6.61 Å². The van der Waals surface area contributed by atoms with Crippen LogP contribution in [0.2, 0.25) is 0 Å². The molecule has 1 saturated heterocycles. The fraction of sp³-hybridized carbons (Fsp3) is 0.435. The Kier molecular flexibility index (Phi) is 8.44. The molecule has 0 radical (unpaired) electrons. The molecular formula is C23H27N5O5S3. The maximum Gasteiger partial charge on any atom is 0.341 e. The number of carbonyl (C=O) groups excluding carboxylic acids is 3. The summed E-state index contributed by atoms with van der Waals surface area (Å²) in [6.07, 6.45) is 1.69. The molecule has 192 valence electrons. The van der Waals surface area contributed by atoms with Crippen LogP contribution in [0.25, 0.3) is 10.7 Å². The van der Waals surface area contributed by atoms with Gasteiger partial charge in [0.25, 0.3) is 5.91 Å². The Labute approximate surface area is 220 Å². The van der Waals surface area contributed by atoms with Gasteiger partial charge < -0.3 is 20.5 Å². The van der Waals surface area contributed by atoms with Gasteiger partial charge in [0.2, 0.25) is 5.91 Å². The molecule has 0 aromatic carbocycles.